The second-order valence-corrected chi connectivity index (χ2v) is 13.2. The van der Waals surface area contributed by atoms with Crippen molar-refractivity contribution < 1.29 is 24.1 Å². The fourth-order valence-corrected chi connectivity index (χ4v) is 6.48. The lowest BCUT2D eigenvalue weighted by molar-refractivity contribution is -0.253. The third-order valence-corrected chi connectivity index (χ3v) is 9.56. The highest BCUT2D eigenvalue weighted by atomic mass is 16.7. The van der Waals surface area contributed by atoms with Crippen molar-refractivity contribution >= 4 is 28.2 Å². The summed E-state index contributed by atoms with van der Waals surface area (Å²) in [6.45, 7) is 2.92. The van der Waals surface area contributed by atoms with Gasteiger partial charge in [-0.3, -0.25) is 4.90 Å². The summed E-state index contributed by atoms with van der Waals surface area (Å²) in [5.41, 5.74) is 5.28. The first kappa shape index (κ1) is 34.9. The minimum Gasteiger partial charge on any atom is -0.457 e. The average Bonchev–Trinajstić information content (AvgIpc) is 3.18. The molecule has 1 fully saturated rings. The molecule has 8 nitrogen and oxygen atoms in total. The van der Waals surface area contributed by atoms with Crippen LogP contribution in [0.5, 0.6) is 11.5 Å². The summed E-state index contributed by atoms with van der Waals surface area (Å²) in [5, 5.41) is 17.8. The first-order valence-corrected chi connectivity index (χ1v) is 17.6. The fraction of sp³-hybridized carbons (Fsp3) is 0.205. The molecule has 0 aromatic heterocycles. The summed E-state index contributed by atoms with van der Waals surface area (Å²) in [6, 6.07) is 47.1. The van der Waals surface area contributed by atoms with E-state index in [9.17, 15) is 9.90 Å². The van der Waals surface area contributed by atoms with Crippen LogP contribution in [0.2, 0.25) is 0 Å². The van der Waals surface area contributed by atoms with Crippen LogP contribution in [0.25, 0.3) is 10.8 Å². The van der Waals surface area contributed by atoms with Crippen LogP contribution in [0.1, 0.15) is 54.0 Å². The van der Waals surface area contributed by atoms with Crippen molar-refractivity contribution in [3.63, 3.8) is 0 Å². The van der Waals surface area contributed by atoms with Crippen LogP contribution in [-0.2, 0) is 16.1 Å². The van der Waals surface area contributed by atoms with E-state index in [0.717, 1.165) is 22.4 Å². The van der Waals surface area contributed by atoms with E-state index in [1.807, 2.05) is 91.0 Å². The number of carbonyl (C=O) groups is 1. The molecule has 1 heterocycles. The summed E-state index contributed by atoms with van der Waals surface area (Å²) < 4.78 is 19.0. The van der Waals surface area contributed by atoms with Gasteiger partial charge in [-0.2, -0.15) is 0 Å². The fourth-order valence-electron chi connectivity index (χ4n) is 6.48. The monoisotopic (exact) mass is 693 g/mol. The van der Waals surface area contributed by atoms with E-state index in [2.05, 4.69) is 72.0 Å². The Labute approximate surface area is 304 Å². The second-order valence-electron chi connectivity index (χ2n) is 13.2. The van der Waals surface area contributed by atoms with Crippen molar-refractivity contribution in [1.82, 2.24) is 4.90 Å². The number of anilines is 2. The average molecular weight is 694 g/mol. The Bertz CT molecular complexity index is 2070. The maximum atomic E-state index is 12.8. The quantitative estimate of drug-likeness (QED) is 0.125. The molecule has 1 saturated heterocycles. The summed E-state index contributed by atoms with van der Waals surface area (Å²) >= 11 is 0. The lowest BCUT2D eigenvalue weighted by Gasteiger charge is -2.39. The molecule has 6 aromatic rings. The van der Waals surface area contributed by atoms with Crippen molar-refractivity contribution in [1.29, 1.82) is 0 Å². The molecular formula is C44H43N3O5. The van der Waals surface area contributed by atoms with Crippen LogP contribution < -0.4 is 15.4 Å². The number of carbonyl (C=O) groups excluding carboxylic acids is 1. The summed E-state index contributed by atoms with van der Waals surface area (Å²) in [5.74, 6) is 1.42. The number of aliphatic hydroxyl groups is 1. The maximum absolute atomic E-state index is 12.8. The number of nitrogens with zero attached hydrogens (tertiary/aromatic N) is 1. The standard InChI is InChI=1S/C44H43N3O5/c1-30(35-17-16-32-8-6-7-9-36(32)26-35)47(2)28-41-27-42(33-14-12-31(29-48)13-15-33)52-43(51-41)34-18-20-37(21-19-34)45-44(49)46-38-22-24-40(25-23-38)50-39-10-4-3-5-11-39/h3-26,30,41-43,48H,27-29H2,1-2H3,(H2,45,46,49)/t30-,41-,42+,43+/m1/s1. The van der Waals surface area contributed by atoms with E-state index in [1.54, 1.807) is 12.1 Å². The molecule has 0 radical (unpaired) electrons. The van der Waals surface area contributed by atoms with Gasteiger partial charge in [0.1, 0.15) is 11.5 Å². The Balaban J connectivity index is 1.01. The van der Waals surface area contributed by atoms with Gasteiger partial charge in [-0.05, 0) is 96.0 Å². The zero-order valence-electron chi connectivity index (χ0n) is 29.3. The molecule has 0 aliphatic carbocycles. The molecule has 4 atom stereocenters. The predicted octanol–water partition coefficient (Wildman–Crippen LogP) is 10.0. The number of hydrogen-bond donors (Lipinski definition) is 3. The molecule has 7 rings (SSSR count). The molecule has 2 amide bonds. The van der Waals surface area contributed by atoms with Gasteiger partial charge in [-0.25, -0.2) is 4.79 Å². The van der Waals surface area contributed by atoms with E-state index in [0.29, 0.717) is 30.1 Å². The Morgan fingerprint density at radius 2 is 1.37 bits per heavy atom. The molecule has 52 heavy (non-hydrogen) atoms. The Morgan fingerprint density at radius 3 is 2.06 bits per heavy atom. The highest BCUT2D eigenvalue weighted by molar-refractivity contribution is 5.99. The summed E-state index contributed by atoms with van der Waals surface area (Å²) in [4.78, 5) is 15.2. The van der Waals surface area contributed by atoms with Crippen LogP contribution in [0.4, 0.5) is 16.2 Å². The predicted molar refractivity (Wildman–Crippen MR) is 205 cm³/mol. The SMILES string of the molecule is C[C@H](c1ccc2ccccc2c1)N(C)C[C@H]1C[C@@H](c2ccc(CO)cc2)O[C@@H](c2ccc(NC(=O)Nc3ccc(Oc4ccccc4)cc3)cc2)O1. The number of amides is 2. The van der Waals surface area contributed by atoms with Crippen LogP contribution in [-0.4, -0.2) is 35.7 Å². The number of ether oxygens (including phenoxy) is 3. The van der Waals surface area contributed by atoms with Gasteiger partial charge in [0.05, 0.1) is 18.8 Å². The molecule has 0 unspecified atom stereocenters. The van der Waals surface area contributed by atoms with Crippen molar-refractivity contribution in [2.45, 2.75) is 44.5 Å². The number of likely N-dealkylation sites (N-methyl/N-ethyl adjacent to an activating group) is 1. The minimum atomic E-state index is -0.606. The zero-order valence-corrected chi connectivity index (χ0v) is 29.3. The molecular weight excluding hydrogens is 650 g/mol. The molecule has 0 saturated carbocycles. The van der Waals surface area contributed by atoms with Crippen LogP contribution >= 0.6 is 0 Å². The van der Waals surface area contributed by atoms with Gasteiger partial charge in [-0.1, -0.05) is 91.0 Å². The van der Waals surface area contributed by atoms with E-state index in [1.165, 1.54) is 16.3 Å². The number of benzene rings is 6. The molecule has 6 aromatic carbocycles. The van der Waals surface area contributed by atoms with Gasteiger partial charge in [0.25, 0.3) is 0 Å². The molecule has 0 spiro atoms. The Hall–Kier alpha value is -5.51. The van der Waals surface area contributed by atoms with Crippen molar-refractivity contribution in [3.8, 4) is 11.5 Å². The number of fused-ring (bicyclic) bond motifs is 1. The first-order chi connectivity index (χ1) is 25.4. The van der Waals surface area contributed by atoms with Gasteiger partial charge >= 0.3 is 6.03 Å². The molecule has 1 aliphatic rings. The lowest BCUT2D eigenvalue weighted by atomic mass is 9.98. The van der Waals surface area contributed by atoms with E-state index >= 15 is 0 Å². The van der Waals surface area contributed by atoms with E-state index in [4.69, 9.17) is 14.2 Å². The lowest BCUT2D eigenvalue weighted by Crippen LogP contribution is -2.38. The van der Waals surface area contributed by atoms with Gasteiger partial charge in [0, 0.05) is 35.9 Å². The number of hydrogen-bond acceptors (Lipinski definition) is 6. The van der Waals surface area contributed by atoms with Gasteiger partial charge in [0.15, 0.2) is 6.29 Å². The third kappa shape index (κ3) is 8.67. The largest absolute Gasteiger partial charge is 0.457 e. The van der Waals surface area contributed by atoms with Gasteiger partial charge in [-0.15, -0.1) is 0 Å². The number of urea groups is 1. The summed E-state index contributed by atoms with van der Waals surface area (Å²) in [6.07, 6.45) is -0.232. The van der Waals surface area contributed by atoms with Gasteiger partial charge in [0.2, 0.25) is 0 Å². The second kappa shape index (κ2) is 16.2. The maximum Gasteiger partial charge on any atom is 0.323 e. The number of para-hydroxylation sites is 1. The molecule has 8 heteroatoms. The Kier molecular flexibility index (Phi) is 10.9. The molecule has 3 N–H and O–H groups in total. The molecule has 264 valence electrons. The van der Waals surface area contributed by atoms with Crippen molar-refractivity contribution in [2.75, 3.05) is 24.2 Å². The zero-order chi connectivity index (χ0) is 35.9. The molecule has 0 bridgehead atoms. The van der Waals surface area contributed by atoms with E-state index < -0.39 is 6.29 Å². The van der Waals surface area contributed by atoms with Crippen LogP contribution in [0.15, 0.2) is 146 Å². The number of rotatable bonds is 11. The normalized spacial score (nSPS) is 17.8. The van der Waals surface area contributed by atoms with Crippen LogP contribution in [0.3, 0.4) is 0 Å². The van der Waals surface area contributed by atoms with Gasteiger partial charge < -0.3 is 30.0 Å². The van der Waals surface area contributed by atoms with Crippen LogP contribution in [0, 0.1) is 0 Å². The molecule has 1 aliphatic heterocycles. The highest BCUT2D eigenvalue weighted by Gasteiger charge is 2.33. The smallest absolute Gasteiger partial charge is 0.323 e. The highest BCUT2D eigenvalue weighted by Crippen LogP contribution is 2.39. The topological polar surface area (TPSA) is 92.3 Å². The third-order valence-electron chi connectivity index (χ3n) is 9.56. The van der Waals surface area contributed by atoms with Crippen molar-refractivity contribution in [3.05, 3.63) is 168 Å². The Morgan fingerprint density at radius 1 is 0.750 bits per heavy atom. The van der Waals surface area contributed by atoms with E-state index in [-0.39, 0.29) is 30.9 Å². The number of aliphatic hydroxyl groups excluding tert-OH is 1. The minimum absolute atomic E-state index is 0.00791. The first-order valence-electron chi connectivity index (χ1n) is 17.6. The van der Waals surface area contributed by atoms with Crippen molar-refractivity contribution in [2.24, 2.45) is 0 Å². The summed E-state index contributed by atoms with van der Waals surface area (Å²) in [7, 11) is 2.14. The number of nitrogens with one attached hydrogen (secondary N) is 2.